The summed E-state index contributed by atoms with van der Waals surface area (Å²) in [4.78, 5) is 11.8. The van der Waals surface area contributed by atoms with E-state index in [0.29, 0.717) is 16.5 Å². The smallest absolute Gasteiger partial charge is 0.152 e. The van der Waals surface area contributed by atoms with Gasteiger partial charge in [0.15, 0.2) is 6.29 Å². The van der Waals surface area contributed by atoms with E-state index in [1.807, 2.05) is 12.1 Å². The highest BCUT2D eigenvalue weighted by molar-refractivity contribution is 7.99. The van der Waals surface area contributed by atoms with Crippen molar-refractivity contribution in [3.05, 3.63) is 28.8 Å². The molecule has 0 spiro atoms. The summed E-state index contributed by atoms with van der Waals surface area (Å²) in [5.74, 6) is 1.69. The largest absolute Gasteiger partial charge is 0.298 e. The molecule has 82 valence electrons. The van der Waals surface area contributed by atoms with Gasteiger partial charge in [-0.3, -0.25) is 4.79 Å². The number of rotatable bonds is 5. The maximum atomic E-state index is 10.9. The number of carbonyl (C=O) groups is 1. The van der Waals surface area contributed by atoms with Crippen LogP contribution in [-0.2, 0) is 0 Å². The van der Waals surface area contributed by atoms with Gasteiger partial charge < -0.3 is 0 Å². The highest BCUT2D eigenvalue weighted by Gasteiger charge is 2.07. The lowest BCUT2D eigenvalue weighted by atomic mass is 10.2. The number of hydrogen-bond donors (Lipinski definition) is 0. The van der Waals surface area contributed by atoms with E-state index in [9.17, 15) is 4.79 Å². The van der Waals surface area contributed by atoms with Crippen LogP contribution in [0.3, 0.4) is 0 Å². The molecule has 0 aliphatic rings. The predicted octanol–water partition coefficient (Wildman–Crippen LogP) is 4.29. The van der Waals surface area contributed by atoms with Gasteiger partial charge in [-0.05, 0) is 18.1 Å². The number of thioether (sulfide) groups is 1. The van der Waals surface area contributed by atoms with E-state index in [0.717, 1.165) is 23.4 Å². The number of aldehydes is 1. The first-order valence-electron chi connectivity index (χ1n) is 5.05. The minimum atomic E-state index is 0.541. The standard InChI is InChI=1S/C12H15ClOS/c1-3-9(2)8-15-12-6-4-5-11(13)10(12)7-14/h4-7,9H,3,8H2,1-2H3. The normalized spacial score (nSPS) is 12.5. The van der Waals surface area contributed by atoms with Gasteiger partial charge in [-0.15, -0.1) is 11.8 Å². The first-order chi connectivity index (χ1) is 7.19. The van der Waals surface area contributed by atoms with Crippen LogP contribution in [0, 0.1) is 5.92 Å². The lowest BCUT2D eigenvalue weighted by Crippen LogP contribution is -1.96. The summed E-state index contributed by atoms with van der Waals surface area (Å²) in [6.07, 6.45) is 1.99. The monoisotopic (exact) mass is 242 g/mol. The lowest BCUT2D eigenvalue weighted by molar-refractivity contribution is 0.112. The molecule has 0 saturated heterocycles. The molecule has 0 fully saturated rings. The Kier molecular flexibility index (Phi) is 5.20. The van der Waals surface area contributed by atoms with Crippen molar-refractivity contribution in [1.29, 1.82) is 0 Å². The van der Waals surface area contributed by atoms with Gasteiger partial charge in [-0.2, -0.15) is 0 Å². The summed E-state index contributed by atoms with van der Waals surface area (Å²) in [6.45, 7) is 4.38. The third kappa shape index (κ3) is 3.54. The Morgan fingerprint density at radius 1 is 1.53 bits per heavy atom. The molecule has 1 nitrogen and oxygen atoms in total. The minimum Gasteiger partial charge on any atom is -0.298 e. The third-order valence-electron chi connectivity index (χ3n) is 2.35. The molecule has 0 amide bonds. The molecule has 15 heavy (non-hydrogen) atoms. The molecule has 3 heteroatoms. The summed E-state index contributed by atoms with van der Waals surface area (Å²) in [7, 11) is 0. The molecular formula is C12H15ClOS. The second-order valence-corrected chi connectivity index (χ2v) is 5.06. The highest BCUT2D eigenvalue weighted by Crippen LogP contribution is 2.28. The van der Waals surface area contributed by atoms with Crippen molar-refractivity contribution in [2.45, 2.75) is 25.2 Å². The molecule has 0 radical (unpaired) electrons. The van der Waals surface area contributed by atoms with Gasteiger partial charge in [-0.1, -0.05) is 37.9 Å². The van der Waals surface area contributed by atoms with Gasteiger partial charge in [0.25, 0.3) is 0 Å². The van der Waals surface area contributed by atoms with Crippen LogP contribution in [0.2, 0.25) is 5.02 Å². The Morgan fingerprint density at radius 2 is 2.27 bits per heavy atom. The second-order valence-electron chi connectivity index (χ2n) is 3.59. The summed E-state index contributed by atoms with van der Waals surface area (Å²) < 4.78 is 0. The fourth-order valence-electron chi connectivity index (χ4n) is 1.11. The van der Waals surface area contributed by atoms with E-state index in [1.54, 1.807) is 17.8 Å². The van der Waals surface area contributed by atoms with Crippen LogP contribution in [0.1, 0.15) is 30.6 Å². The van der Waals surface area contributed by atoms with Gasteiger partial charge in [-0.25, -0.2) is 0 Å². The van der Waals surface area contributed by atoms with Crippen LogP contribution in [0.5, 0.6) is 0 Å². The van der Waals surface area contributed by atoms with Crippen molar-refractivity contribution in [1.82, 2.24) is 0 Å². The molecule has 0 aliphatic carbocycles. The van der Waals surface area contributed by atoms with E-state index in [4.69, 9.17) is 11.6 Å². The third-order valence-corrected chi connectivity index (χ3v) is 4.08. The molecule has 1 atom stereocenters. The van der Waals surface area contributed by atoms with Crippen molar-refractivity contribution in [3.8, 4) is 0 Å². The highest BCUT2D eigenvalue weighted by atomic mass is 35.5. The van der Waals surface area contributed by atoms with Crippen molar-refractivity contribution in [2.75, 3.05) is 5.75 Å². The summed E-state index contributed by atoms with van der Waals surface area (Å²) in [5.41, 5.74) is 0.618. The Bertz CT molecular complexity index is 338. The summed E-state index contributed by atoms with van der Waals surface area (Å²) in [6, 6.07) is 5.58. The van der Waals surface area contributed by atoms with Gasteiger partial charge in [0.2, 0.25) is 0 Å². The molecule has 0 bridgehead atoms. The summed E-state index contributed by atoms with van der Waals surface area (Å²) >= 11 is 7.64. The zero-order valence-electron chi connectivity index (χ0n) is 9.00. The molecule has 1 unspecified atom stereocenters. The van der Waals surface area contributed by atoms with Crippen molar-refractivity contribution < 1.29 is 4.79 Å². The maximum Gasteiger partial charge on any atom is 0.152 e. The molecule has 0 heterocycles. The van der Waals surface area contributed by atoms with Crippen molar-refractivity contribution >= 4 is 29.6 Å². The van der Waals surface area contributed by atoms with E-state index >= 15 is 0 Å². The zero-order chi connectivity index (χ0) is 11.3. The first-order valence-corrected chi connectivity index (χ1v) is 6.41. The average molecular weight is 243 g/mol. The predicted molar refractivity (Wildman–Crippen MR) is 67.0 cm³/mol. The summed E-state index contributed by atoms with van der Waals surface area (Å²) in [5, 5.41) is 0.541. The van der Waals surface area contributed by atoms with Crippen molar-refractivity contribution in [2.24, 2.45) is 5.92 Å². The van der Waals surface area contributed by atoms with Crippen LogP contribution in [0.4, 0.5) is 0 Å². The van der Waals surface area contributed by atoms with Crippen molar-refractivity contribution in [3.63, 3.8) is 0 Å². The second kappa shape index (κ2) is 6.19. The molecule has 1 aromatic carbocycles. The minimum absolute atomic E-state index is 0.541. The quantitative estimate of drug-likeness (QED) is 0.566. The molecule has 1 rings (SSSR count). The van der Waals surface area contributed by atoms with E-state index in [2.05, 4.69) is 13.8 Å². The Labute approximate surface area is 100 Å². The zero-order valence-corrected chi connectivity index (χ0v) is 10.6. The average Bonchev–Trinajstić information content (AvgIpc) is 2.25. The SMILES string of the molecule is CCC(C)CSc1cccc(Cl)c1C=O. The first kappa shape index (κ1) is 12.6. The van der Waals surface area contributed by atoms with Gasteiger partial charge in [0.1, 0.15) is 0 Å². The lowest BCUT2D eigenvalue weighted by Gasteiger charge is -2.09. The van der Waals surface area contributed by atoms with Gasteiger partial charge >= 0.3 is 0 Å². The van der Waals surface area contributed by atoms with E-state index < -0.39 is 0 Å². The fraction of sp³-hybridized carbons (Fsp3) is 0.417. The topological polar surface area (TPSA) is 17.1 Å². The van der Waals surface area contributed by atoms with Gasteiger partial charge in [0.05, 0.1) is 5.02 Å². The molecule has 0 saturated carbocycles. The molecule has 0 aromatic heterocycles. The molecular weight excluding hydrogens is 228 g/mol. The van der Waals surface area contributed by atoms with Crippen LogP contribution < -0.4 is 0 Å². The van der Waals surface area contributed by atoms with Crippen LogP contribution in [0.15, 0.2) is 23.1 Å². The van der Waals surface area contributed by atoms with Gasteiger partial charge in [0, 0.05) is 16.2 Å². The fourth-order valence-corrected chi connectivity index (χ4v) is 2.57. The van der Waals surface area contributed by atoms with E-state index in [1.165, 1.54) is 0 Å². The molecule has 0 N–H and O–H groups in total. The number of halogens is 1. The Hall–Kier alpha value is -0.470. The van der Waals surface area contributed by atoms with Crippen LogP contribution in [-0.4, -0.2) is 12.0 Å². The molecule has 1 aromatic rings. The Morgan fingerprint density at radius 3 is 2.87 bits per heavy atom. The Balaban J connectivity index is 2.76. The van der Waals surface area contributed by atoms with Crippen LogP contribution >= 0.6 is 23.4 Å². The van der Waals surface area contributed by atoms with E-state index in [-0.39, 0.29) is 0 Å². The number of benzene rings is 1. The molecule has 0 aliphatic heterocycles. The maximum absolute atomic E-state index is 10.9. The van der Waals surface area contributed by atoms with Crippen LogP contribution in [0.25, 0.3) is 0 Å². The number of hydrogen-bond acceptors (Lipinski definition) is 2. The number of carbonyl (C=O) groups excluding carboxylic acids is 1.